The van der Waals surface area contributed by atoms with Gasteiger partial charge in [-0.05, 0) is 71.9 Å². The fourth-order valence-corrected chi connectivity index (χ4v) is 6.24. The molecule has 0 unspecified atom stereocenters. The molecule has 0 bridgehead atoms. The number of anilines is 2. The van der Waals surface area contributed by atoms with Crippen LogP contribution in [0.15, 0.2) is 43.0 Å². The van der Waals surface area contributed by atoms with E-state index in [0.717, 1.165) is 68.9 Å². The van der Waals surface area contributed by atoms with E-state index in [1.165, 1.54) is 33.3 Å². The van der Waals surface area contributed by atoms with Crippen molar-refractivity contribution in [1.82, 2.24) is 14.8 Å². The van der Waals surface area contributed by atoms with Gasteiger partial charge in [0.1, 0.15) is 0 Å². The van der Waals surface area contributed by atoms with E-state index in [1.54, 1.807) is 11.9 Å². The number of nitrogens with one attached hydrogen (secondary N) is 3. The normalized spacial score (nSPS) is 13.3. The van der Waals surface area contributed by atoms with Crippen molar-refractivity contribution < 1.29 is 4.79 Å². The Morgan fingerprint density at radius 2 is 1.78 bits per heavy atom. The van der Waals surface area contributed by atoms with E-state index in [-0.39, 0.29) is 11.3 Å². The van der Waals surface area contributed by atoms with Crippen molar-refractivity contribution in [3.8, 4) is 0 Å². The molecule has 2 aromatic carbocycles. The first kappa shape index (κ1) is 36.6. The van der Waals surface area contributed by atoms with Gasteiger partial charge >= 0.3 is 0 Å². The minimum atomic E-state index is 0.0640. The quantitative estimate of drug-likeness (QED) is 0.164. The van der Waals surface area contributed by atoms with Gasteiger partial charge in [-0.25, -0.2) is 0 Å². The second-order valence-electron chi connectivity index (χ2n) is 13.7. The minimum absolute atomic E-state index is 0.0640. The van der Waals surface area contributed by atoms with Crippen LogP contribution >= 0.6 is 11.9 Å². The maximum Gasteiger partial charge on any atom is 0.228 e. The number of para-hydroxylation sites is 1. The van der Waals surface area contributed by atoms with Crippen molar-refractivity contribution in [2.75, 3.05) is 42.5 Å². The fraction of sp³-hybridized carbons (Fsp3) is 0.553. The van der Waals surface area contributed by atoms with Crippen LogP contribution in [-0.2, 0) is 30.1 Å². The van der Waals surface area contributed by atoms with Crippen molar-refractivity contribution in [3.63, 3.8) is 0 Å². The molecule has 0 radical (unpaired) electrons. The topological polar surface area (TPSA) is 61.3 Å². The summed E-state index contributed by atoms with van der Waals surface area (Å²) in [5.41, 5.74) is 9.66. The second kappa shape index (κ2) is 16.6. The van der Waals surface area contributed by atoms with Crippen LogP contribution in [0.3, 0.4) is 0 Å². The Hall–Kier alpha value is -2.90. The SMILES string of the molecule is C=C(Nc1cc(C(C)(C)C)cc(NSC)c1CC)c1cc2cccc(CC)c2n1C.CCCN(CCC(C)C)C(=O)C1CNC1. The standard InChI is InChI=1S/C26H35N3S.C12H24N2O/c1-9-18-12-11-13-19-14-24(29(7)25(18)19)17(3)27-22-15-20(26(4,5)6)16-23(28-30-8)21(22)10-2;1-4-6-14(7-5-10(2)3)12(15)11-8-13-9-11/h11-16,27-28H,3,9-10H2,1-2,4-8H3;10-11,13H,4-9H2,1-3H3. The van der Waals surface area contributed by atoms with Crippen LogP contribution in [-0.4, -0.2) is 47.8 Å². The van der Waals surface area contributed by atoms with Gasteiger partial charge < -0.3 is 24.8 Å². The summed E-state index contributed by atoms with van der Waals surface area (Å²) in [6.45, 7) is 25.7. The highest BCUT2D eigenvalue weighted by Gasteiger charge is 2.28. The molecular formula is C38H59N5OS. The molecule has 1 aliphatic rings. The first-order valence-electron chi connectivity index (χ1n) is 16.9. The molecular weight excluding hydrogens is 575 g/mol. The molecule has 0 saturated carbocycles. The molecule has 1 fully saturated rings. The highest BCUT2D eigenvalue weighted by molar-refractivity contribution is 7.99. The van der Waals surface area contributed by atoms with Crippen LogP contribution < -0.4 is 15.4 Å². The molecule has 0 aliphatic carbocycles. The maximum absolute atomic E-state index is 12.0. The van der Waals surface area contributed by atoms with Crippen molar-refractivity contribution >= 4 is 45.8 Å². The summed E-state index contributed by atoms with van der Waals surface area (Å²) < 4.78 is 5.75. The van der Waals surface area contributed by atoms with E-state index in [1.807, 2.05) is 4.90 Å². The van der Waals surface area contributed by atoms with Crippen molar-refractivity contribution in [3.05, 3.63) is 65.4 Å². The van der Waals surface area contributed by atoms with E-state index >= 15 is 0 Å². The van der Waals surface area contributed by atoms with E-state index in [4.69, 9.17) is 0 Å². The van der Waals surface area contributed by atoms with Gasteiger partial charge in [-0.15, -0.1) is 0 Å². The summed E-state index contributed by atoms with van der Waals surface area (Å²) >= 11 is 1.63. The molecule has 1 amide bonds. The summed E-state index contributed by atoms with van der Waals surface area (Å²) in [5, 5.41) is 8.08. The Labute approximate surface area is 277 Å². The van der Waals surface area contributed by atoms with Crippen molar-refractivity contribution in [2.24, 2.45) is 18.9 Å². The zero-order valence-corrected chi connectivity index (χ0v) is 30.5. The van der Waals surface area contributed by atoms with Gasteiger partial charge in [0.25, 0.3) is 0 Å². The minimum Gasteiger partial charge on any atom is -0.354 e. The summed E-state index contributed by atoms with van der Waals surface area (Å²) in [4.78, 5) is 14.1. The number of hydrogen-bond donors (Lipinski definition) is 3. The molecule has 1 aliphatic heterocycles. The largest absolute Gasteiger partial charge is 0.354 e. The zero-order valence-electron chi connectivity index (χ0n) is 29.7. The van der Waals surface area contributed by atoms with E-state index < -0.39 is 0 Å². The maximum atomic E-state index is 12.0. The van der Waals surface area contributed by atoms with E-state index in [2.05, 4.69) is 132 Å². The van der Waals surface area contributed by atoms with Crippen LogP contribution in [0.2, 0.25) is 0 Å². The molecule has 6 nitrogen and oxygen atoms in total. The van der Waals surface area contributed by atoms with Crippen LogP contribution in [0.4, 0.5) is 11.4 Å². The molecule has 3 N–H and O–H groups in total. The van der Waals surface area contributed by atoms with Crippen molar-refractivity contribution in [1.29, 1.82) is 0 Å². The lowest BCUT2D eigenvalue weighted by Gasteiger charge is -2.32. The number of fused-ring (bicyclic) bond motifs is 1. The number of carbonyl (C=O) groups is 1. The summed E-state index contributed by atoms with van der Waals surface area (Å²) in [6, 6.07) is 13.4. The number of amides is 1. The third-order valence-electron chi connectivity index (χ3n) is 8.71. The monoisotopic (exact) mass is 633 g/mol. The van der Waals surface area contributed by atoms with Gasteiger partial charge in [0.2, 0.25) is 5.91 Å². The third-order valence-corrected chi connectivity index (χ3v) is 9.13. The number of nitrogens with zero attached hydrogens (tertiary/aromatic N) is 2. The van der Waals surface area contributed by atoms with Crippen molar-refractivity contribution in [2.45, 2.75) is 86.5 Å². The number of hydrogen-bond acceptors (Lipinski definition) is 5. The van der Waals surface area contributed by atoms with Crippen LogP contribution in [0.1, 0.15) is 90.6 Å². The van der Waals surface area contributed by atoms with Gasteiger partial charge in [0, 0.05) is 56.2 Å². The van der Waals surface area contributed by atoms with Crippen LogP contribution in [0.25, 0.3) is 16.6 Å². The lowest BCUT2D eigenvalue weighted by atomic mass is 9.85. The number of aryl methyl sites for hydroxylation is 2. The molecule has 7 heteroatoms. The molecule has 0 atom stereocenters. The van der Waals surface area contributed by atoms with Gasteiger partial charge in [-0.1, -0.05) is 92.1 Å². The summed E-state index contributed by atoms with van der Waals surface area (Å²) in [6.07, 6.45) is 6.20. The Balaban J connectivity index is 0.000000309. The number of benzene rings is 2. The Kier molecular flexibility index (Phi) is 13.5. The average Bonchev–Trinajstić information content (AvgIpc) is 3.30. The predicted molar refractivity (Wildman–Crippen MR) is 199 cm³/mol. The Morgan fingerprint density at radius 1 is 1.09 bits per heavy atom. The summed E-state index contributed by atoms with van der Waals surface area (Å²) in [7, 11) is 2.14. The zero-order chi connectivity index (χ0) is 33.3. The fourth-order valence-electron chi connectivity index (χ4n) is 5.84. The average molecular weight is 634 g/mol. The van der Waals surface area contributed by atoms with Gasteiger partial charge in [0.05, 0.1) is 22.8 Å². The molecule has 2 heterocycles. The molecule has 4 rings (SSSR count). The molecule has 248 valence electrons. The summed E-state index contributed by atoms with van der Waals surface area (Å²) in [5.74, 6) is 1.29. The third kappa shape index (κ3) is 9.32. The van der Waals surface area contributed by atoms with E-state index in [0.29, 0.717) is 11.8 Å². The first-order valence-corrected chi connectivity index (χ1v) is 18.1. The highest BCUT2D eigenvalue weighted by Crippen LogP contribution is 2.36. The number of carbonyl (C=O) groups excluding carboxylic acids is 1. The van der Waals surface area contributed by atoms with Gasteiger partial charge in [0.15, 0.2) is 0 Å². The Bertz CT molecular complexity index is 1430. The smallest absolute Gasteiger partial charge is 0.228 e. The van der Waals surface area contributed by atoms with Crippen LogP contribution in [0.5, 0.6) is 0 Å². The predicted octanol–water partition coefficient (Wildman–Crippen LogP) is 8.86. The van der Waals surface area contributed by atoms with E-state index in [9.17, 15) is 4.79 Å². The number of aromatic nitrogens is 1. The molecule has 0 spiro atoms. The number of rotatable bonds is 13. The molecule has 1 saturated heterocycles. The first-order chi connectivity index (χ1) is 21.4. The van der Waals surface area contributed by atoms with Gasteiger partial charge in [-0.2, -0.15) is 0 Å². The second-order valence-corrected chi connectivity index (χ2v) is 14.3. The molecule has 1 aromatic heterocycles. The molecule has 45 heavy (non-hydrogen) atoms. The van der Waals surface area contributed by atoms with Gasteiger partial charge in [-0.3, -0.25) is 4.79 Å². The Morgan fingerprint density at radius 3 is 2.31 bits per heavy atom. The molecule has 3 aromatic rings. The lowest BCUT2D eigenvalue weighted by Crippen LogP contribution is -2.52. The highest BCUT2D eigenvalue weighted by atomic mass is 32.2. The van der Waals surface area contributed by atoms with Crippen LogP contribution in [0, 0.1) is 11.8 Å². The lowest BCUT2D eigenvalue weighted by molar-refractivity contribution is -0.137.